The molecule has 172 valence electrons. The van der Waals surface area contributed by atoms with E-state index in [2.05, 4.69) is 18.2 Å². The zero-order valence-corrected chi connectivity index (χ0v) is 19.2. The van der Waals surface area contributed by atoms with E-state index in [1.807, 2.05) is 24.3 Å². The fourth-order valence-corrected chi connectivity index (χ4v) is 4.01. The maximum Gasteiger partial charge on any atom is 0.337 e. The summed E-state index contributed by atoms with van der Waals surface area (Å²) in [5.41, 5.74) is 5.36. The van der Waals surface area contributed by atoms with Gasteiger partial charge in [-0.1, -0.05) is 18.2 Å². The zero-order valence-electron chi connectivity index (χ0n) is 19.2. The van der Waals surface area contributed by atoms with Crippen LogP contribution in [0.5, 0.6) is 23.0 Å². The summed E-state index contributed by atoms with van der Waals surface area (Å²) in [6, 6.07) is 17.8. The maximum atomic E-state index is 11.7. The van der Waals surface area contributed by atoms with Gasteiger partial charge in [-0.15, -0.1) is 0 Å². The summed E-state index contributed by atoms with van der Waals surface area (Å²) in [6.45, 7) is 0.253. The smallest absolute Gasteiger partial charge is 0.337 e. The van der Waals surface area contributed by atoms with Gasteiger partial charge >= 0.3 is 5.97 Å². The van der Waals surface area contributed by atoms with Gasteiger partial charge in [-0.3, -0.25) is 0 Å². The van der Waals surface area contributed by atoms with E-state index in [9.17, 15) is 4.79 Å². The number of carbonyl (C=O) groups is 1. The third kappa shape index (κ3) is 5.22. The lowest BCUT2D eigenvalue weighted by atomic mass is 9.94. The molecule has 0 saturated carbocycles. The maximum absolute atomic E-state index is 11.7. The molecule has 0 radical (unpaired) electrons. The highest BCUT2D eigenvalue weighted by atomic mass is 16.7. The number of methoxy groups -OCH3 is 3. The fraction of sp³-hybridized carbons (Fsp3) is 0.296. The molecule has 33 heavy (non-hydrogen) atoms. The Labute approximate surface area is 194 Å². The summed E-state index contributed by atoms with van der Waals surface area (Å²) < 4.78 is 26.8. The quantitative estimate of drug-likeness (QED) is 0.439. The summed E-state index contributed by atoms with van der Waals surface area (Å²) in [7, 11) is 4.67. The van der Waals surface area contributed by atoms with E-state index in [1.165, 1.54) is 23.8 Å². The predicted molar refractivity (Wildman–Crippen MR) is 125 cm³/mol. The first kappa shape index (κ1) is 22.5. The van der Waals surface area contributed by atoms with Gasteiger partial charge in [0.15, 0.2) is 23.0 Å². The van der Waals surface area contributed by atoms with Gasteiger partial charge in [0.2, 0.25) is 6.79 Å². The molecule has 4 rings (SSSR count). The standard InChI is InChI=1S/C27H28O6/c1-29-23-13-8-19(14-24(23)30-2)7-12-22-16-26-25(32-17-33-26)15-21(22)11-6-18-4-9-20(10-5-18)27(28)31-3/h4-5,8-10,13-16H,6-7,11-12,17H2,1-3H3. The Bertz CT molecular complexity index is 1120. The number of carbonyl (C=O) groups excluding carboxylic acids is 1. The average molecular weight is 449 g/mol. The molecule has 0 aromatic heterocycles. The Morgan fingerprint density at radius 2 is 1.30 bits per heavy atom. The number of esters is 1. The summed E-state index contributed by atoms with van der Waals surface area (Å²) in [4.78, 5) is 11.7. The molecule has 6 heteroatoms. The second-order valence-electron chi connectivity index (χ2n) is 7.85. The number of hydrogen-bond donors (Lipinski definition) is 0. The van der Waals surface area contributed by atoms with Gasteiger partial charge in [-0.05, 0) is 84.3 Å². The molecule has 3 aromatic carbocycles. The minimum Gasteiger partial charge on any atom is -0.493 e. The minimum absolute atomic E-state index is 0.253. The van der Waals surface area contributed by atoms with Crippen LogP contribution in [0.2, 0.25) is 0 Å². The van der Waals surface area contributed by atoms with Crippen molar-refractivity contribution >= 4 is 5.97 Å². The van der Waals surface area contributed by atoms with Crippen LogP contribution in [-0.4, -0.2) is 34.1 Å². The van der Waals surface area contributed by atoms with Crippen molar-refractivity contribution in [3.05, 3.63) is 82.4 Å². The lowest BCUT2D eigenvalue weighted by Gasteiger charge is -2.13. The van der Waals surface area contributed by atoms with Crippen LogP contribution in [0.3, 0.4) is 0 Å². The van der Waals surface area contributed by atoms with Crippen molar-refractivity contribution < 1.29 is 28.5 Å². The molecule has 1 aliphatic rings. The number of rotatable bonds is 9. The van der Waals surface area contributed by atoms with Crippen molar-refractivity contribution in [2.24, 2.45) is 0 Å². The molecule has 0 spiro atoms. The Kier molecular flexibility index (Phi) is 7.03. The molecule has 0 fully saturated rings. The largest absolute Gasteiger partial charge is 0.493 e. The lowest BCUT2D eigenvalue weighted by molar-refractivity contribution is 0.0600. The number of hydrogen-bond acceptors (Lipinski definition) is 6. The van der Waals surface area contributed by atoms with Gasteiger partial charge in [0, 0.05) is 0 Å². The molecule has 0 saturated heterocycles. The van der Waals surface area contributed by atoms with Crippen molar-refractivity contribution in [2.75, 3.05) is 28.1 Å². The second kappa shape index (κ2) is 10.3. The van der Waals surface area contributed by atoms with Crippen LogP contribution in [-0.2, 0) is 30.4 Å². The highest BCUT2D eigenvalue weighted by molar-refractivity contribution is 5.89. The number of ether oxygens (including phenoxy) is 5. The van der Waals surface area contributed by atoms with Crippen molar-refractivity contribution in [2.45, 2.75) is 25.7 Å². The molecule has 0 aliphatic carbocycles. The van der Waals surface area contributed by atoms with Crippen LogP contribution >= 0.6 is 0 Å². The Morgan fingerprint density at radius 3 is 1.88 bits per heavy atom. The zero-order chi connectivity index (χ0) is 23.2. The molecule has 0 bridgehead atoms. The highest BCUT2D eigenvalue weighted by Crippen LogP contribution is 2.36. The van der Waals surface area contributed by atoms with E-state index >= 15 is 0 Å². The Balaban J connectivity index is 1.49. The normalized spacial score (nSPS) is 11.8. The first-order valence-corrected chi connectivity index (χ1v) is 10.9. The van der Waals surface area contributed by atoms with Crippen LogP contribution < -0.4 is 18.9 Å². The van der Waals surface area contributed by atoms with E-state index in [4.69, 9.17) is 23.7 Å². The molecule has 1 heterocycles. The highest BCUT2D eigenvalue weighted by Gasteiger charge is 2.17. The monoisotopic (exact) mass is 448 g/mol. The van der Waals surface area contributed by atoms with Crippen LogP contribution in [0.25, 0.3) is 0 Å². The molecular formula is C27H28O6. The molecule has 1 aliphatic heterocycles. The Hall–Kier alpha value is -3.67. The third-order valence-corrected chi connectivity index (χ3v) is 5.88. The fourth-order valence-electron chi connectivity index (χ4n) is 4.01. The molecule has 0 N–H and O–H groups in total. The molecule has 6 nitrogen and oxygen atoms in total. The van der Waals surface area contributed by atoms with Crippen LogP contribution in [0.1, 0.15) is 32.6 Å². The molecule has 0 amide bonds. The van der Waals surface area contributed by atoms with E-state index in [0.29, 0.717) is 5.56 Å². The van der Waals surface area contributed by atoms with E-state index < -0.39 is 0 Å². The summed E-state index contributed by atoms with van der Waals surface area (Å²) >= 11 is 0. The number of fused-ring (bicyclic) bond motifs is 1. The summed E-state index contributed by atoms with van der Waals surface area (Å²) in [5, 5.41) is 0. The van der Waals surface area contributed by atoms with Gasteiger partial charge in [-0.25, -0.2) is 4.79 Å². The van der Waals surface area contributed by atoms with Crippen LogP contribution in [0.15, 0.2) is 54.6 Å². The minimum atomic E-state index is -0.324. The SMILES string of the molecule is COC(=O)c1ccc(CCc2cc3c(cc2CCc2ccc(OC)c(OC)c2)OCO3)cc1. The van der Waals surface area contributed by atoms with Gasteiger partial charge in [0.1, 0.15) is 0 Å². The van der Waals surface area contributed by atoms with Gasteiger partial charge in [0.05, 0.1) is 26.9 Å². The molecular weight excluding hydrogens is 420 g/mol. The van der Waals surface area contributed by atoms with Crippen molar-refractivity contribution in [3.8, 4) is 23.0 Å². The lowest BCUT2D eigenvalue weighted by Crippen LogP contribution is -2.02. The average Bonchev–Trinajstić information content (AvgIpc) is 3.32. The van der Waals surface area contributed by atoms with Crippen LogP contribution in [0, 0.1) is 0 Å². The summed E-state index contributed by atoms with van der Waals surface area (Å²) in [5.74, 6) is 2.72. The molecule has 0 unspecified atom stereocenters. The third-order valence-electron chi connectivity index (χ3n) is 5.88. The molecule has 3 aromatic rings. The van der Waals surface area contributed by atoms with Gasteiger partial charge in [-0.2, -0.15) is 0 Å². The van der Waals surface area contributed by atoms with Crippen molar-refractivity contribution in [1.29, 1.82) is 0 Å². The summed E-state index contributed by atoms with van der Waals surface area (Å²) in [6.07, 6.45) is 3.43. The van der Waals surface area contributed by atoms with Gasteiger partial charge in [0.25, 0.3) is 0 Å². The second-order valence-corrected chi connectivity index (χ2v) is 7.85. The van der Waals surface area contributed by atoms with Crippen molar-refractivity contribution in [1.82, 2.24) is 0 Å². The van der Waals surface area contributed by atoms with Gasteiger partial charge < -0.3 is 23.7 Å². The van der Waals surface area contributed by atoms with Crippen LogP contribution in [0.4, 0.5) is 0 Å². The van der Waals surface area contributed by atoms with E-state index in [-0.39, 0.29) is 12.8 Å². The van der Waals surface area contributed by atoms with Crippen molar-refractivity contribution in [3.63, 3.8) is 0 Å². The number of benzene rings is 3. The first-order valence-electron chi connectivity index (χ1n) is 10.9. The topological polar surface area (TPSA) is 63.2 Å². The Morgan fingerprint density at radius 1 is 0.727 bits per heavy atom. The molecule has 0 atom stereocenters. The number of aryl methyl sites for hydroxylation is 4. The van der Waals surface area contributed by atoms with E-state index in [1.54, 1.807) is 26.4 Å². The predicted octanol–water partition coefficient (Wildman–Crippen LogP) is 4.79. The van der Waals surface area contributed by atoms with E-state index in [0.717, 1.165) is 54.2 Å². The first-order chi connectivity index (χ1) is 16.1.